The molecule has 2 aliphatic rings. The molecule has 0 saturated carbocycles. The molecular formula is C30H27F2N5O2. The monoisotopic (exact) mass is 527 g/mol. The minimum Gasteiger partial charge on any atom is -0.324 e. The van der Waals surface area contributed by atoms with Crippen LogP contribution in [0.25, 0.3) is 0 Å². The first-order valence-electron chi connectivity index (χ1n) is 12.6. The lowest BCUT2D eigenvalue weighted by molar-refractivity contribution is -0.138. The Morgan fingerprint density at radius 3 is 2.31 bits per heavy atom. The maximum atomic E-state index is 15.6. The standard InChI is InChI=1S/C30H27F2N5O2/c1-30(2,32)28(23-10-20(15-34)11-25(31)12-23)24-17-36(18-24)29(21-8-6-19(14-33)7-9-21)22-4-3-5-26(13-22)37-35-16-27(38)39-37/h3-13,24,28-29,35H,16-18H2,1-2H3/t28-,29?/m1/s1. The molecule has 39 heavy (non-hydrogen) atoms. The van der Waals surface area contributed by atoms with Gasteiger partial charge in [0.25, 0.3) is 0 Å². The molecule has 198 valence electrons. The van der Waals surface area contributed by atoms with Crippen LogP contribution in [0.1, 0.15) is 53.6 Å². The molecule has 3 aromatic rings. The van der Waals surface area contributed by atoms with Gasteiger partial charge in [0, 0.05) is 19.0 Å². The molecule has 9 heteroatoms. The summed E-state index contributed by atoms with van der Waals surface area (Å²) in [5.41, 5.74) is 4.95. The first kappa shape index (κ1) is 26.3. The van der Waals surface area contributed by atoms with Gasteiger partial charge < -0.3 is 4.84 Å². The molecular weight excluding hydrogens is 500 g/mol. The number of nitrogens with zero attached hydrogens (tertiary/aromatic N) is 4. The highest BCUT2D eigenvalue weighted by atomic mass is 19.1. The average molecular weight is 528 g/mol. The summed E-state index contributed by atoms with van der Waals surface area (Å²) in [5.74, 6) is -1.68. The lowest BCUT2D eigenvalue weighted by atomic mass is 9.72. The van der Waals surface area contributed by atoms with Gasteiger partial charge in [0.15, 0.2) is 0 Å². The Morgan fingerprint density at radius 1 is 0.974 bits per heavy atom. The van der Waals surface area contributed by atoms with Gasteiger partial charge in [-0.2, -0.15) is 15.9 Å². The predicted molar refractivity (Wildman–Crippen MR) is 140 cm³/mol. The van der Waals surface area contributed by atoms with Gasteiger partial charge in [-0.3, -0.25) is 4.90 Å². The van der Waals surface area contributed by atoms with E-state index >= 15 is 4.39 Å². The summed E-state index contributed by atoms with van der Waals surface area (Å²) in [6.45, 7) is 4.11. The van der Waals surface area contributed by atoms with Gasteiger partial charge in [-0.1, -0.05) is 24.3 Å². The molecule has 7 nitrogen and oxygen atoms in total. The first-order valence-corrected chi connectivity index (χ1v) is 12.6. The summed E-state index contributed by atoms with van der Waals surface area (Å²) in [4.78, 5) is 19.0. The molecule has 0 amide bonds. The van der Waals surface area contributed by atoms with E-state index in [4.69, 9.17) is 4.84 Å². The highest BCUT2D eigenvalue weighted by Crippen LogP contribution is 2.46. The fraction of sp³-hybridized carbons (Fsp3) is 0.300. The van der Waals surface area contributed by atoms with E-state index in [1.165, 1.54) is 25.1 Å². The molecule has 0 bridgehead atoms. The van der Waals surface area contributed by atoms with E-state index in [0.29, 0.717) is 29.9 Å². The van der Waals surface area contributed by atoms with E-state index in [2.05, 4.69) is 16.4 Å². The molecule has 3 aromatic carbocycles. The van der Waals surface area contributed by atoms with Gasteiger partial charge >= 0.3 is 5.97 Å². The summed E-state index contributed by atoms with van der Waals surface area (Å²) in [7, 11) is 0. The van der Waals surface area contributed by atoms with Crippen molar-refractivity contribution in [3.63, 3.8) is 0 Å². The summed E-state index contributed by atoms with van der Waals surface area (Å²) in [6, 6.07) is 22.8. The number of nitrogens with one attached hydrogen (secondary N) is 1. The van der Waals surface area contributed by atoms with Crippen molar-refractivity contribution in [2.75, 3.05) is 24.8 Å². The molecule has 2 heterocycles. The molecule has 0 spiro atoms. The molecule has 2 fully saturated rings. The van der Waals surface area contributed by atoms with Crippen molar-refractivity contribution in [3.05, 3.63) is 100 Å². The van der Waals surface area contributed by atoms with Crippen LogP contribution in [-0.4, -0.2) is 36.2 Å². The number of anilines is 1. The zero-order chi connectivity index (χ0) is 27.7. The van der Waals surface area contributed by atoms with E-state index in [9.17, 15) is 19.7 Å². The van der Waals surface area contributed by atoms with Gasteiger partial charge in [-0.15, -0.1) is 5.17 Å². The third kappa shape index (κ3) is 5.46. The van der Waals surface area contributed by atoms with Crippen molar-refractivity contribution in [2.45, 2.75) is 31.5 Å². The van der Waals surface area contributed by atoms with Crippen molar-refractivity contribution in [1.82, 2.24) is 10.3 Å². The fourth-order valence-corrected chi connectivity index (χ4v) is 5.68. The summed E-state index contributed by atoms with van der Waals surface area (Å²) < 4.78 is 29.9. The number of hydrogen-bond donors (Lipinski definition) is 1. The number of halogens is 2. The highest BCUT2D eigenvalue weighted by molar-refractivity contribution is 5.75. The molecule has 0 aromatic heterocycles. The molecule has 5 rings (SSSR count). The number of benzene rings is 3. The quantitative estimate of drug-likeness (QED) is 0.467. The predicted octanol–water partition coefficient (Wildman–Crippen LogP) is 4.90. The Labute approximate surface area is 225 Å². The van der Waals surface area contributed by atoms with Crippen LogP contribution in [-0.2, 0) is 9.63 Å². The molecule has 2 atom stereocenters. The van der Waals surface area contributed by atoms with Gasteiger partial charge in [0.2, 0.25) is 0 Å². The van der Waals surface area contributed by atoms with Gasteiger partial charge in [0.1, 0.15) is 18.0 Å². The number of likely N-dealkylation sites (tertiary alicyclic amines) is 1. The van der Waals surface area contributed by atoms with Crippen LogP contribution in [0.4, 0.5) is 14.5 Å². The Kier molecular flexibility index (Phi) is 7.05. The Hall–Kier alpha value is -4.31. The lowest BCUT2D eigenvalue weighted by Crippen LogP contribution is -2.53. The van der Waals surface area contributed by atoms with Crippen LogP contribution < -0.4 is 10.6 Å². The average Bonchev–Trinajstić information content (AvgIpc) is 3.33. The van der Waals surface area contributed by atoms with E-state index in [1.807, 2.05) is 42.5 Å². The summed E-state index contributed by atoms with van der Waals surface area (Å²) in [5, 5.41) is 19.9. The molecule has 0 aliphatic carbocycles. The lowest BCUT2D eigenvalue weighted by Gasteiger charge is -2.50. The number of rotatable bonds is 7. The van der Waals surface area contributed by atoms with Crippen LogP contribution in [0.3, 0.4) is 0 Å². The summed E-state index contributed by atoms with van der Waals surface area (Å²) in [6.07, 6.45) is 0. The topological polar surface area (TPSA) is 92.4 Å². The SMILES string of the molecule is CC(C)(F)[C@H](c1cc(F)cc(C#N)c1)C1CN(C(c2ccc(C#N)cc2)c2cccc(N3NCC(=O)O3)c2)C1. The largest absolute Gasteiger partial charge is 0.349 e. The van der Waals surface area contributed by atoms with Crippen molar-refractivity contribution in [1.29, 1.82) is 10.5 Å². The first-order chi connectivity index (χ1) is 18.7. The van der Waals surface area contributed by atoms with E-state index in [1.54, 1.807) is 18.2 Å². The molecule has 1 N–H and O–H groups in total. The van der Waals surface area contributed by atoms with Crippen LogP contribution in [0.5, 0.6) is 0 Å². The molecule has 2 aliphatic heterocycles. The minimum atomic E-state index is -1.65. The van der Waals surface area contributed by atoms with Crippen LogP contribution in [0.15, 0.2) is 66.7 Å². The van der Waals surface area contributed by atoms with Gasteiger partial charge in [0.05, 0.1) is 35.0 Å². The maximum Gasteiger partial charge on any atom is 0.349 e. The molecule has 2 saturated heterocycles. The van der Waals surface area contributed by atoms with E-state index in [-0.39, 0.29) is 30.0 Å². The van der Waals surface area contributed by atoms with E-state index < -0.39 is 17.4 Å². The fourth-order valence-electron chi connectivity index (χ4n) is 5.68. The van der Waals surface area contributed by atoms with Gasteiger partial charge in [-0.05, 0) is 78.9 Å². The normalized spacial score (nSPS) is 17.6. The molecule has 1 unspecified atom stereocenters. The van der Waals surface area contributed by atoms with Crippen LogP contribution in [0.2, 0.25) is 0 Å². The summed E-state index contributed by atoms with van der Waals surface area (Å²) >= 11 is 0. The highest BCUT2D eigenvalue weighted by Gasteiger charge is 2.45. The van der Waals surface area contributed by atoms with Crippen molar-refractivity contribution in [2.24, 2.45) is 5.92 Å². The van der Waals surface area contributed by atoms with Gasteiger partial charge in [-0.25, -0.2) is 13.6 Å². The van der Waals surface area contributed by atoms with Crippen molar-refractivity contribution in [3.8, 4) is 12.1 Å². The Morgan fingerprint density at radius 2 is 1.69 bits per heavy atom. The number of hydrogen-bond acceptors (Lipinski definition) is 7. The second kappa shape index (κ2) is 10.5. The maximum absolute atomic E-state index is 15.6. The molecule has 0 radical (unpaired) electrons. The number of hydrazine groups is 1. The number of nitriles is 2. The van der Waals surface area contributed by atoms with Crippen molar-refractivity contribution < 1.29 is 18.4 Å². The third-order valence-electron chi connectivity index (χ3n) is 7.26. The third-order valence-corrected chi connectivity index (χ3v) is 7.26. The Balaban J connectivity index is 1.47. The second-order valence-corrected chi connectivity index (χ2v) is 10.5. The minimum absolute atomic E-state index is 0.0745. The second-order valence-electron chi connectivity index (χ2n) is 10.5. The van der Waals surface area contributed by atoms with Crippen LogP contribution >= 0.6 is 0 Å². The zero-order valence-electron chi connectivity index (χ0n) is 21.6. The zero-order valence-corrected chi connectivity index (χ0v) is 21.6. The number of alkyl halides is 1. The Bertz CT molecular complexity index is 1470. The number of carbonyl (C=O) groups is 1. The smallest absolute Gasteiger partial charge is 0.324 e. The number of carbonyl (C=O) groups excluding carboxylic acids is 1. The van der Waals surface area contributed by atoms with Crippen LogP contribution in [0, 0.1) is 34.4 Å². The van der Waals surface area contributed by atoms with E-state index in [0.717, 1.165) is 17.2 Å². The van der Waals surface area contributed by atoms with Crippen molar-refractivity contribution >= 4 is 11.7 Å².